The second kappa shape index (κ2) is 5.06. The van der Waals surface area contributed by atoms with Crippen LogP contribution in [-0.2, 0) is 0 Å². The van der Waals surface area contributed by atoms with Crippen LogP contribution in [0.4, 0.5) is 11.4 Å². The van der Waals surface area contributed by atoms with E-state index in [4.69, 9.17) is 0 Å². The standard InChI is InChI=1S/C13H22N2/c1-6-15(7-2)13-9-12(14-5)10(3)8-11(13)4/h8-9,14H,6-7H2,1-5H3. The van der Waals surface area contributed by atoms with Crippen molar-refractivity contribution in [1.29, 1.82) is 0 Å². The van der Waals surface area contributed by atoms with Gasteiger partial charge in [0.15, 0.2) is 0 Å². The second-order valence-electron chi connectivity index (χ2n) is 3.88. The van der Waals surface area contributed by atoms with Crippen molar-refractivity contribution in [3.63, 3.8) is 0 Å². The number of benzene rings is 1. The van der Waals surface area contributed by atoms with Gasteiger partial charge >= 0.3 is 0 Å². The zero-order valence-corrected chi connectivity index (χ0v) is 10.5. The van der Waals surface area contributed by atoms with E-state index in [9.17, 15) is 0 Å². The normalized spacial score (nSPS) is 10.2. The molecule has 2 nitrogen and oxygen atoms in total. The van der Waals surface area contributed by atoms with Crippen LogP contribution in [0.5, 0.6) is 0 Å². The smallest absolute Gasteiger partial charge is 0.0416 e. The molecule has 2 heteroatoms. The topological polar surface area (TPSA) is 15.3 Å². The summed E-state index contributed by atoms with van der Waals surface area (Å²) in [5, 5.41) is 3.24. The summed E-state index contributed by atoms with van der Waals surface area (Å²) in [5.41, 5.74) is 5.23. The van der Waals surface area contributed by atoms with Gasteiger partial charge in [-0.2, -0.15) is 0 Å². The lowest BCUT2D eigenvalue weighted by molar-refractivity contribution is 0.861. The van der Waals surface area contributed by atoms with Crippen LogP contribution in [0.25, 0.3) is 0 Å². The van der Waals surface area contributed by atoms with Gasteiger partial charge in [0.05, 0.1) is 0 Å². The van der Waals surface area contributed by atoms with Gasteiger partial charge in [0.25, 0.3) is 0 Å². The summed E-state index contributed by atoms with van der Waals surface area (Å²) >= 11 is 0. The number of anilines is 2. The van der Waals surface area contributed by atoms with Gasteiger partial charge in [-0.05, 0) is 44.9 Å². The van der Waals surface area contributed by atoms with Crippen molar-refractivity contribution in [2.75, 3.05) is 30.4 Å². The number of aryl methyl sites for hydroxylation is 2. The molecule has 0 atom stereocenters. The molecule has 0 amide bonds. The Morgan fingerprint density at radius 3 is 2.13 bits per heavy atom. The highest BCUT2D eigenvalue weighted by molar-refractivity contribution is 5.65. The number of hydrogen-bond donors (Lipinski definition) is 1. The number of nitrogens with zero attached hydrogens (tertiary/aromatic N) is 1. The molecule has 84 valence electrons. The lowest BCUT2D eigenvalue weighted by Gasteiger charge is -2.24. The molecule has 0 saturated heterocycles. The summed E-state index contributed by atoms with van der Waals surface area (Å²) < 4.78 is 0. The molecular weight excluding hydrogens is 184 g/mol. The van der Waals surface area contributed by atoms with Gasteiger partial charge in [-0.25, -0.2) is 0 Å². The molecule has 0 saturated carbocycles. The molecule has 0 heterocycles. The van der Waals surface area contributed by atoms with Gasteiger partial charge in [-0.1, -0.05) is 6.07 Å². The molecule has 0 aliphatic rings. The van der Waals surface area contributed by atoms with E-state index in [1.165, 1.54) is 22.5 Å². The van der Waals surface area contributed by atoms with E-state index in [-0.39, 0.29) is 0 Å². The van der Waals surface area contributed by atoms with E-state index in [2.05, 4.69) is 50.0 Å². The Morgan fingerprint density at radius 1 is 1.07 bits per heavy atom. The second-order valence-corrected chi connectivity index (χ2v) is 3.88. The number of nitrogens with one attached hydrogen (secondary N) is 1. The molecule has 0 radical (unpaired) electrons. The summed E-state index contributed by atoms with van der Waals surface area (Å²) in [6.07, 6.45) is 0. The first kappa shape index (κ1) is 11.9. The first-order valence-electron chi connectivity index (χ1n) is 5.67. The Labute approximate surface area is 93.3 Å². The summed E-state index contributed by atoms with van der Waals surface area (Å²) in [6, 6.07) is 4.50. The molecular formula is C13H22N2. The third-order valence-corrected chi connectivity index (χ3v) is 2.92. The molecule has 15 heavy (non-hydrogen) atoms. The van der Waals surface area contributed by atoms with E-state index in [0.717, 1.165) is 13.1 Å². The molecule has 1 aromatic rings. The van der Waals surface area contributed by atoms with Crippen LogP contribution in [0.15, 0.2) is 12.1 Å². The van der Waals surface area contributed by atoms with Crippen LogP contribution in [0.2, 0.25) is 0 Å². The average molecular weight is 206 g/mol. The van der Waals surface area contributed by atoms with E-state index in [0.29, 0.717) is 0 Å². The van der Waals surface area contributed by atoms with E-state index < -0.39 is 0 Å². The van der Waals surface area contributed by atoms with Crippen molar-refractivity contribution >= 4 is 11.4 Å². The van der Waals surface area contributed by atoms with Crippen molar-refractivity contribution in [3.8, 4) is 0 Å². The van der Waals surface area contributed by atoms with Crippen LogP contribution >= 0.6 is 0 Å². The summed E-state index contributed by atoms with van der Waals surface area (Å²) in [5.74, 6) is 0. The third kappa shape index (κ3) is 2.44. The number of hydrogen-bond acceptors (Lipinski definition) is 2. The van der Waals surface area contributed by atoms with Gasteiger partial charge in [-0.3, -0.25) is 0 Å². The monoisotopic (exact) mass is 206 g/mol. The molecule has 0 spiro atoms. The highest BCUT2D eigenvalue weighted by Gasteiger charge is 2.08. The minimum Gasteiger partial charge on any atom is -0.388 e. The number of rotatable bonds is 4. The zero-order chi connectivity index (χ0) is 11.4. The van der Waals surface area contributed by atoms with Gasteiger partial charge in [0.1, 0.15) is 0 Å². The molecule has 1 rings (SSSR count). The highest BCUT2D eigenvalue weighted by Crippen LogP contribution is 2.27. The molecule has 0 unspecified atom stereocenters. The summed E-state index contributed by atoms with van der Waals surface area (Å²) in [7, 11) is 1.98. The molecule has 0 fully saturated rings. The van der Waals surface area contributed by atoms with Gasteiger partial charge in [-0.15, -0.1) is 0 Å². The van der Waals surface area contributed by atoms with E-state index in [1.54, 1.807) is 0 Å². The maximum absolute atomic E-state index is 3.24. The van der Waals surface area contributed by atoms with E-state index in [1.807, 2.05) is 7.05 Å². The SMILES string of the molecule is CCN(CC)c1cc(NC)c(C)cc1C. The summed E-state index contributed by atoms with van der Waals surface area (Å²) in [6.45, 7) is 10.8. The highest BCUT2D eigenvalue weighted by atomic mass is 15.1. The zero-order valence-electron chi connectivity index (χ0n) is 10.5. The molecule has 0 aliphatic carbocycles. The lowest BCUT2D eigenvalue weighted by atomic mass is 10.1. The van der Waals surface area contributed by atoms with Gasteiger partial charge < -0.3 is 10.2 Å². The lowest BCUT2D eigenvalue weighted by Crippen LogP contribution is -2.22. The van der Waals surface area contributed by atoms with Crippen LogP contribution < -0.4 is 10.2 Å². The minimum atomic E-state index is 1.06. The minimum absolute atomic E-state index is 1.06. The quantitative estimate of drug-likeness (QED) is 0.814. The first-order valence-corrected chi connectivity index (χ1v) is 5.67. The Balaban J connectivity index is 3.17. The fourth-order valence-electron chi connectivity index (χ4n) is 2.02. The Bertz CT molecular complexity index is 328. The van der Waals surface area contributed by atoms with Gasteiger partial charge in [0.2, 0.25) is 0 Å². The molecule has 0 aliphatic heterocycles. The molecule has 1 aromatic carbocycles. The van der Waals surface area contributed by atoms with Crippen LogP contribution in [0.3, 0.4) is 0 Å². The van der Waals surface area contributed by atoms with Gasteiger partial charge in [0, 0.05) is 31.5 Å². The van der Waals surface area contributed by atoms with Crippen molar-refractivity contribution in [2.45, 2.75) is 27.7 Å². The first-order chi connectivity index (χ1) is 7.13. The Hall–Kier alpha value is -1.18. The van der Waals surface area contributed by atoms with Crippen molar-refractivity contribution in [3.05, 3.63) is 23.3 Å². The van der Waals surface area contributed by atoms with E-state index >= 15 is 0 Å². The predicted octanol–water partition coefficient (Wildman–Crippen LogP) is 3.19. The fraction of sp³-hybridized carbons (Fsp3) is 0.538. The predicted molar refractivity (Wildman–Crippen MR) is 69.0 cm³/mol. The van der Waals surface area contributed by atoms with Crippen molar-refractivity contribution in [2.24, 2.45) is 0 Å². The van der Waals surface area contributed by atoms with Crippen LogP contribution in [-0.4, -0.2) is 20.1 Å². The molecule has 0 bridgehead atoms. The maximum Gasteiger partial charge on any atom is 0.0416 e. The molecule has 0 aromatic heterocycles. The summed E-state index contributed by atoms with van der Waals surface area (Å²) in [4.78, 5) is 2.38. The fourth-order valence-corrected chi connectivity index (χ4v) is 2.02. The van der Waals surface area contributed by atoms with Crippen molar-refractivity contribution in [1.82, 2.24) is 0 Å². The van der Waals surface area contributed by atoms with Crippen LogP contribution in [0, 0.1) is 13.8 Å². The third-order valence-electron chi connectivity index (χ3n) is 2.92. The van der Waals surface area contributed by atoms with Crippen molar-refractivity contribution < 1.29 is 0 Å². The largest absolute Gasteiger partial charge is 0.388 e. The Morgan fingerprint density at radius 2 is 1.67 bits per heavy atom. The Kier molecular flexibility index (Phi) is 4.01. The molecule has 1 N–H and O–H groups in total. The maximum atomic E-state index is 3.24. The average Bonchev–Trinajstić information content (AvgIpc) is 2.22. The van der Waals surface area contributed by atoms with Crippen LogP contribution in [0.1, 0.15) is 25.0 Å².